The van der Waals surface area contributed by atoms with Crippen molar-refractivity contribution in [3.63, 3.8) is 0 Å². The Morgan fingerprint density at radius 2 is 1.94 bits per heavy atom. The molecule has 1 unspecified atom stereocenters. The minimum atomic E-state index is -4.46. The summed E-state index contributed by atoms with van der Waals surface area (Å²) in [5, 5.41) is 10.4. The molecule has 0 bridgehead atoms. The highest BCUT2D eigenvalue weighted by atomic mass is 19.4. The third kappa shape index (κ3) is 5.52. The molecule has 35 heavy (non-hydrogen) atoms. The highest BCUT2D eigenvalue weighted by molar-refractivity contribution is 6.03. The molecule has 0 fully saturated rings. The molecular formula is C23H27F3N8O. The normalized spacial score (nSPS) is 15.8. The molecule has 0 radical (unpaired) electrons. The molecule has 1 aliphatic rings. The average Bonchev–Trinajstić information content (AvgIpc) is 3.23. The largest absolute Gasteiger partial charge is 0.433 e. The van der Waals surface area contributed by atoms with Crippen LogP contribution in [0.1, 0.15) is 42.8 Å². The first-order chi connectivity index (χ1) is 16.5. The molecule has 9 nitrogen and oxygen atoms in total. The Labute approximate surface area is 200 Å². The zero-order valence-electron chi connectivity index (χ0n) is 19.9. The van der Waals surface area contributed by atoms with E-state index in [1.165, 1.54) is 12.3 Å². The molecule has 12 heteroatoms. The Balaban J connectivity index is 1.42. The van der Waals surface area contributed by atoms with Crippen LogP contribution in [0.15, 0.2) is 30.7 Å². The van der Waals surface area contributed by atoms with E-state index in [1.807, 2.05) is 18.9 Å². The minimum absolute atomic E-state index is 0.0585. The third-order valence-electron chi connectivity index (χ3n) is 5.72. The number of halogens is 3. The smallest absolute Gasteiger partial charge is 0.350 e. The summed E-state index contributed by atoms with van der Waals surface area (Å²) in [5.74, 6) is 1.38. The molecule has 0 saturated heterocycles. The number of alkyl halides is 3. The van der Waals surface area contributed by atoms with E-state index in [0.29, 0.717) is 54.1 Å². The van der Waals surface area contributed by atoms with Crippen molar-refractivity contribution in [2.45, 2.75) is 52.5 Å². The van der Waals surface area contributed by atoms with Crippen molar-refractivity contribution in [3.8, 4) is 0 Å². The lowest BCUT2D eigenvalue weighted by Gasteiger charge is -2.35. The predicted octanol–water partition coefficient (Wildman–Crippen LogP) is 3.86. The number of fused-ring (bicyclic) bond motifs is 1. The molecule has 0 saturated carbocycles. The van der Waals surface area contributed by atoms with Gasteiger partial charge >= 0.3 is 6.18 Å². The van der Waals surface area contributed by atoms with Crippen LogP contribution in [0.4, 0.5) is 30.6 Å². The van der Waals surface area contributed by atoms with Crippen LogP contribution in [-0.4, -0.2) is 43.7 Å². The van der Waals surface area contributed by atoms with E-state index in [4.69, 9.17) is 0 Å². The lowest BCUT2D eigenvalue weighted by atomic mass is 10.00. The fraction of sp³-hybridized carbons (Fsp3) is 0.435. The molecule has 186 valence electrons. The van der Waals surface area contributed by atoms with Crippen LogP contribution < -0.4 is 15.5 Å². The second-order valence-corrected chi connectivity index (χ2v) is 9.03. The first kappa shape index (κ1) is 24.4. The molecule has 0 spiro atoms. The van der Waals surface area contributed by atoms with Crippen LogP contribution in [0.3, 0.4) is 0 Å². The van der Waals surface area contributed by atoms with Crippen molar-refractivity contribution in [2.75, 3.05) is 22.6 Å². The molecule has 4 rings (SSSR count). The van der Waals surface area contributed by atoms with Crippen LogP contribution in [-0.2, 0) is 24.1 Å². The van der Waals surface area contributed by atoms with E-state index in [2.05, 4.69) is 44.5 Å². The van der Waals surface area contributed by atoms with Crippen LogP contribution in [0, 0.1) is 12.8 Å². The van der Waals surface area contributed by atoms with Gasteiger partial charge in [-0.25, -0.2) is 4.98 Å². The van der Waals surface area contributed by atoms with Gasteiger partial charge in [0, 0.05) is 31.5 Å². The fourth-order valence-electron chi connectivity index (χ4n) is 3.92. The standard InChI is InChI=1S/C23H27F3N8O/c1-13(2)7-17-21(35)31-19-14(3)30-22(32-20(19)33(17)4)28-9-16-10-29-34(12-16)11-15-5-6-18(27-8-15)23(24,25)26/h5-6,8,10,12-13,17H,7,9,11H2,1-4H3,(H,31,35)(H,28,30,32). The lowest BCUT2D eigenvalue weighted by molar-refractivity contribution is -0.141. The molecule has 0 aliphatic carbocycles. The number of rotatable bonds is 7. The summed E-state index contributed by atoms with van der Waals surface area (Å²) >= 11 is 0. The Morgan fingerprint density at radius 3 is 2.60 bits per heavy atom. The van der Waals surface area contributed by atoms with Gasteiger partial charge in [0.15, 0.2) is 5.82 Å². The molecule has 1 amide bonds. The number of nitrogens with zero attached hydrogens (tertiary/aromatic N) is 6. The Hall–Kier alpha value is -3.70. The van der Waals surface area contributed by atoms with E-state index in [0.717, 1.165) is 11.6 Å². The van der Waals surface area contributed by atoms with E-state index >= 15 is 0 Å². The molecule has 2 N–H and O–H groups in total. The summed E-state index contributed by atoms with van der Waals surface area (Å²) < 4.78 is 39.7. The summed E-state index contributed by atoms with van der Waals surface area (Å²) in [6, 6.07) is 2.05. The minimum Gasteiger partial charge on any atom is -0.350 e. The molecule has 3 aromatic rings. The van der Waals surface area contributed by atoms with Crippen LogP contribution in [0.2, 0.25) is 0 Å². The Morgan fingerprint density at radius 1 is 1.17 bits per heavy atom. The van der Waals surface area contributed by atoms with E-state index in [-0.39, 0.29) is 11.9 Å². The van der Waals surface area contributed by atoms with Crippen molar-refractivity contribution in [1.82, 2.24) is 24.7 Å². The maximum Gasteiger partial charge on any atom is 0.433 e. The molecule has 4 heterocycles. The van der Waals surface area contributed by atoms with Crippen LogP contribution in [0.5, 0.6) is 0 Å². The van der Waals surface area contributed by atoms with Crippen molar-refractivity contribution < 1.29 is 18.0 Å². The van der Waals surface area contributed by atoms with Crippen LogP contribution in [0.25, 0.3) is 0 Å². The number of amides is 1. The lowest BCUT2D eigenvalue weighted by Crippen LogP contribution is -2.47. The number of carbonyl (C=O) groups excluding carboxylic acids is 1. The Kier molecular flexibility index (Phi) is 6.64. The zero-order valence-corrected chi connectivity index (χ0v) is 19.9. The van der Waals surface area contributed by atoms with Crippen LogP contribution >= 0.6 is 0 Å². The van der Waals surface area contributed by atoms with E-state index < -0.39 is 11.9 Å². The maximum atomic E-state index is 12.7. The summed E-state index contributed by atoms with van der Waals surface area (Å²) in [6.45, 7) is 6.65. The zero-order chi connectivity index (χ0) is 25.3. The molecule has 3 aromatic heterocycles. The van der Waals surface area contributed by atoms with Gasteiger partial charge in [0.1, 0.15) is 17.4 Å². The second kappa shape index (κ2) is 9.51. The number of hydrogen-bond acceptors (Lipinski definition) is 7. The van der Waals surface area contributed by atoms with Gasteiger partial charge in [-0.3, -0.25) is 14.5 Å². The second-order valence-electron chi connectivity index (χ2n) is 9.03. The van der Waals surface area contributed by atoms with Gasteiger partial charge in [0.2, 0.25) is 11.9 Å². The number of nitrogens with one attached hydrogen (secondary N) is 2. The monoisotopic (exact) mass is 488 g/mol. The number of aromatic nitrogens is 5. The van der Waals surface area contributed by atoms with Gasteiger partial charge in [-0.2, -0.15) is 23.3 Å². The summed E-state index contributed by atoms with van der Waals surface area (Å²) in [4.78, 5) is 27.0. The number of hydrogen-bond donors (Lipinski definition) is 2. The summed E-state index contributed by atoms with van der Waals surface area (Å²) in [6.07, 6.45) is 0.910. The summed E-state index contributed by atoms with van der Waals surface area (Å²) in [5.41, 5.74) is 1.80. The van der Waals surface area contributed by atoms with Crippen molar-refractivity contribution >= 4 is 23.4 Å². The number of carbonyl (C=O) groups is 1. The highest BCUT2D eigenvalue weighted by Gasteiger charge is 2.34. The first-order valence-electron chi connectivity index (χ1n) is 11.2. The van der Waals surface area contributed by atoms with Crippen molar-refractivity contribution in [1.29, 1.82) is 0 Å². The molecule has 0 aromatic carbocycles. The maximum absolute atomic E-state index is 12.7. The highest BCUT2D eigenvalue weighted by Crippen LogP contribution is 2.34. The SMILES string of the molecule is Cc1nc(NCc2cnn(Cc3ccc(C(F)(F)F)nc3)c2)nc2c1NC(=O)C(CC(C)C)N2C. The Bertz CT molecular complexity index is 1210. The van der Waals surface area contributed by atoms with Gasteiger partial charge in [-0.1, -0.05) is 19.9 Å². The number of aryl methyl sites for hydroxylation is 1. The average molecular weight is 489 g/mol. The number of pyridine rings is 1. The number of anilines is 3. The van der Waals surface area contributed by atoms with Crippen molar-refractivity contribution in [2.24, 2.45) is 5.92 Å². The van der Waals surface area contributed by atoms with Gasteiger partial charge in [-0.05, 0) is 30.9 Å². The van der Waals surface area contributed by atoms with Gasteiger partial charge in [-0.15, -0.1) is 0 Å². The fourth-order valence-corrected chi connectivity index (χ4v) is 3.92. The van der Waals surface area contributed by atoms with Gasteiger partial charge in [0.05, 0.1) is 18.4 Å². The summed E-state index contributed by atoms with van der Waals surface area (Å²) in [7, 11) is 1.86. The van der Waals surface area contributed by atoms with E-state index in [1.54, 1.807) is 17.1 Å². The topological polar surface area (TPSA) is 101 Å². The third-order valence-corrected chi connectivity index (χ3v) is 5.72. The molecule has 1 aliphatic heterocycles. The van der Waals surface area contributed by atoms with Crippen molar-refractivity contribution in [3.05, 3.63) is 53.2 Å². The van der Waals surface area contributed by atoms with E-state index in [9.17, 15) is 18.0 Å². The predicted molar refractivity (Wildman–Crippen MR) is 125 cm³/mol. The number of likely N-dealkylation sites (N-methyl/N-ethyl adjacent to an activating group) is 1. The molecular weight excluding hydrogens is 461 g/mol. The first-order valence-corrected chi connectivity index (χ1v) is 11.2. The van der Waals surface area contributed by atoms with Gasteiger partial charge < -0.3 is 15.5 Å². The van der Waals surface area contributed by atoms with Gasteiger partial charge in [0.25, 0.3) is 0 Å². The molecule has 1 atom stereocenters. The quantitative estimate of drug-likeness (QED) is 0.521.